The molecule has 0 N–H and O–H groups in total. The van der Waals surface area contributed by atoms with Crippen LogP contribution in [-0.4, -0.2) is 11.9 Å². The molecule has 0 bridgehead atoms. The number of hydrogen-bond donors (Lipinski definition) is 0. The molecule has 0 aliphatic carbocycles. The smallest absolute Gasteiger partial charge is 0.320 e. The minimum absolute atomic E-state index is 0.176. The fourth-order valence-electron chi connectivity index (χ4n) is 1.88. The van der Waals surface area contributed by atoms with Crippen LogP contribution in [0.2, 0.25) is 0 Å². The standard InChI is InChI=1S/C18H18O4/c1-3-17(19)22-18(20)13(2)14-8-7-11-16(12-14)21-15-9-5-4-6-10-15/h4-13H,3H2,1-2H3. The predicted molar refractivity (Wildman–Crippen MR) is 82.8 cm³/mol. The highest BCUT2D eigenvalue weighted by atomic mass is 16.6. The van der Waals surface area contributed by atoms with Gasteiger partial charge in [0.15, 0.2) is 0 Å². The lowest BCUT2D eigenvalue weighted by Crippen LogP contribution is -2.17. The van der Waals surface area contributed by atoms with Crippen LogP contribution in [0.1, 0.15) is 31.7 Å². The van der Waals surface area contributed by atoms with E-state index in [0.29, 0.717) is 5.75 Å². The summed E-state index contributed by atoms with van der Waals surface area (Å²) in [5.74, 6) is -0.256. The zero-order valence-corrected chi connectivity index (χ0v) is 12.6. The molecule has 2 rings (SSSR count). The van der Waals surface area contributed by atoms with Crippen LogP contribution in [0, 0.1) is 0 Å². The van der Waals surface area contributed by atoms with E-state index in [-0.39, 0.29) is 6.42 Å². The normalized spacial score (nSPS) is 11.5. The van der Waals surface area contributed by atoms with Crippen molar-refractivity contribution in [3.05, 3.63) is 60.2 Å². The number of hydrogen-bond acceptors (Lipinski definition) is 4. The van der Waals surface area contributed by atoms with Gasteiger partial charge in [-0.25, -0.2) is 0 Å². The monoisotopic (exact) mass is 298 g/mol. The van der Waals surface area contributed by atoms with Crippen molar-refractivity contribution in [2.24, 2.45) is 0 Å². The van der Waals surface area contributed by atoms with Crippen molar-refractivity contribution in [1.29, 1.82) is 0 Å². The molecule has 0 aromatic heterocycles. The van der Waals surface area contributed by atoms with Crippen LogP contribution >= 0.6 is 0 Å². The van der Waals surface area contributed by atoms with Crippen LogP contribution in [0.3, 0.4) is 0 Å². The van der Waals surface area contributed by atoms with Gasteiger partial charge in [-0.3, -0.25) is 9.59 Å². The zero-order chi connectivity index (χ0) is 15.9. The van der Waals surface area contributed by atoms with Gasteiger partial charge in [-0.05, 0) is 36.8 Å². The first-order chi connectivity index (χ1) is 10.6. The molecule has 0 fully saturated rings. The predicted octanol–water partition coefficient (Wildman–Crippen LogP) is 4.06. The molecule has 4 nitrogen and oxygen atoms in total. The molecule has 4 heteroatoms. The van der Waals surface area contributed by atoms with E-state index in [1.54, 1.807) is 32.0 Å². The second-order valence-electron chi connectivity index (χ2n) is 4.86. The van der Waals surface area contributed by atoms with Crippen molar-refractivity contribution >= 4 is 11.9 Å². The third-order valence-corrected chi connectivity index (χ3v) is 3.19. The van der Waals surface area contributed by atoms with E-state index in [4.69, 9.17) is 9.47 Å². The number of carbonyl (C=O) groups excluding carboxylic acids is 2. The van der Waals surface area contributed by atoms with E-state index >= 15 is 0 Å². The Hall–Kier alpha value is -2.62. The maximum Gasteiger partial charge on any atom is 0.320 e. The molecule has 0 saturated carbocycles. The van der Waals surface area contributed by atoms with Crippen LogP contribution in [0.15, 0.2) is 54.6 Å². The number of para-hydroxylation sites is 1. The maximum atomic E-state index is 11.9. The van der Waals surface area contributed by atoms with Gasteiger partial charge in [-0.1, -0.05) is 37.3 Å². The number of rotatable bonds is 5. The average molecular weight is 298 g/mol. The van der Waals surface area contributed by atoms with Gasteiger partial charge in [0, 0.05) is 6.42 Å². The van der Waals surface area contributed by atoms with Crippen molar-refractivity contribution in [1.82, 2.24) is 0 Å². The Morgan fingerprint density at radius 3 is 2.36 bits per heavy atom. The summed E-state index contributed by atoms with van der Waals surface area (Å²) < 4.78 is 10.5. The zero-order valence-electron chi connectivity index (χ0n) is 12.6. The summed E-state index contributed by atoms with van der Waals surface area (Å²) in [7, 11) is 0. The summed E-state index contributed by atoms with van der Waals surface area (Å²) in [5, 5.41) is 0. The molecular formula is C18H18O4. The molecular weight excluding hydrogens is 280 g/mol. The van der Waals surface area contributed by atoms with Gasteiger partial charge in [-0.15, -0.1) is 0 Å². The molecule has 0 aliphatic rings. The Morgan fingerprint density at radius 2 is 1.68 bits per heavy atom. The summed E-state index contributed by atoms with van der Waals surface area (Å²) in [6.45, 7) is 3.35. The molecule has 1 unspecified atom stereocenters. The highest BCUT2D eigenvalue weighted by molar-refractivity contribution is 5.89. The third kappa shape index (κ3) is 4.19. The summed E-state index contributed by atoms with van der Waals surface area (Å²) in [4.78, 5) is 23.1. The molecule has 2 aromatic rings. The summed E-state index contributed by atoms with van der Waals surface area (Å²) in [5.41, 5.74) is 0.738. The molecule has 0 heterocycles. The summed E-state index contributed by atoms with van der Waals surface area (Å²) in [6.07, 6.45) is 0.176. The van der Waals surface area contributed by atoms with Gasteiger partial charge in [0.25, 0.3) is 0 Å². The van der Waals surface area contributed by atoms with Crippen molar-refractivity contribution in [2.75, 3.05) is 0 Å². The molecule has 0 aliphatic heterocycles. The SMILES string of the molecule is CCC(=O)OC(=O)C(C)c1cccc(Oc2ccccc2)c1. The minimum Gasteiger partial charge on any atom is -0.457 e. The topological polar surface area (TPSA) is 52.6 Å². The first-order valence-corrected chi connectivity index (χ1v) is 7.17. The van der Waals surface area contributed by atoms with E-state index in [9.17, 15) is 9.59 Å². The molecule has 114 valence electrons. The molecule has 1 atom stereocenters. The van der Waals surface area contributed by atoms with Gasteiger partial charge >= 0.3 is 11.9 Å². The molecule has 22 heavy (non-hydrogen) atoms. The number of carbonyl (C=O) groups is 2. The fraction of sp³-hybridized carbons (Fsp3) is 0.222. The Balaban J connectivity index is 2.10. The van der Waals surface area contributed by atoms with Gasteiger partial charge in [-0.2, -0.15) is 0 Å². The Morgan fingerprint density at radius 1 is 1.00 bits per heavy atom. The molecule has 0 spiro atoms. The van der Waals surface area contributed by atoms with E-state index in [1.807, 2.05) is 36.4 Å². The first kappa shape index (κ1) is 15.8. The van der Waals surface area contributed by atoms with Gasteiger partial charge in [0.1, 0.15) is 11.5 Å². The first-order valence-electron chi connectivity index (χ1n) is 7.17. The Bertz CT molecular complexity index is 649. The molecule has 0 saturated heterocycles. The van der Waals surface area contributed by atoms with E-state index in [2.05, 4.69) is 0 Å². The fourth-order valence-corrected chi connectivity index (χ4v) is 1.88. The lowest BCUT2D eigenvalue weighted by Gasteiger charge is -2.12. The number of esters is 2. The molecule has 0 amide bonds. The van der Waals surface area contributed by atoms with Crippen LogP contribution in [0.4, 0.5) is 0 Å². The van der Waals surface area contributed by atoms with Crippen molar-refractivity contribution < 1.29 is 19.1 Å². The van der Waals surface area contributed by atoms with Gasteiger partial charge < -0.3 is 9.47 Å². The van der Waals surface area contributed by atoms with E-state index in [1.165, 1.54) is 0 Å². The van der Waals surface area contributed by atoms with Crippen LogP contribution in [0.5, 0.6) is 11.5 Å². The van der Waals surface area contributed by atoms with Gasteiger partial charge in [0.2, 0.25) is 0 Å². The van der Waals surface area contributed by atoms with E-state index in [0.717, 1.165) is 11.3 Å². The summed E-state index contributed by atoms with van der Waals surface area (Å²) >= 11 is 0. The van der Waals surface area contributed by atoms with Gasteiger partial charge in [0.05, 0.1) is 5.92 Å². The lowest BCUT2D eigenvalue weighted by atomic mass is 10.0. The highest BCUT2D eigenvalue weighted by Gasteiger charge is 2.19. The van der Waals surface area contributed by atoms with Crippen molar-refractivity contribution in [3.8, 4) is 11.5 Å². The van der Waals surface area contributed by atoms with Crippen LogP contribution in [-0.2, 0) is 14.3 Å². The average Bonchev–Trinajstić information content (AvgIpc) is 2.55. The Labute approximate surface area is 129 Å². The van der Waals surface area contributed by atoms with E-state index < -0.39 is 17.9 Å². The quantitative estimate of drug-likeness (QED) is 0.617. The molecule has 0 radical (unpaired) electrons. The highest BCUT2D eigenvalue weighted by Crippen LogP contribution is 2.25. The second-order valence-corrected chi connectivity index (χ2v) is 4.86. The largest absolute Gasteiger partial charge is 0.457 e. The number of benzene rings is 2. The third-order valence-electron chi connectivity index (χ3n) is 3.19. The van der Waals surface area contributed by atoms with Crippen molar-refractivity contribution in [3.63, 3.8) is 0 Å². The van der Waals surface area contributed by atoms with Crippen LogP contribution in [0.25, 0.3) is 0 Å². The second kappa shape index (κ2) is 7.41. The Kier molecular flexibility index (Phi) is 5.31. The summed E-state index contributed by atoms with van der Waals surface area (Å²) in [6, 6.07) is 16.6. The molecule has 2 aromatic carbocycles. The minimum atomic E-state index is -0.552. The number of ether oxygens (including phenoxy) is 2. The maximum absolute atomic E-state index is 11.9. The van der Waals surface area contributed by atoms with Crippen molar-refractivity contribution in [2.45, 2.75) is 26.2 Å². The lowest BCUT2D eigenvalue weighted by molar-refractivity contribution is -0.160. The van der Waals surface area contributed by atoms with Crippen LogP contribution < -0.4 is 4.74 Å².